The fraction of sp³-hybridized carbons (Fsp3) is 0.300. The van der Waals surface area contributed by atoms with E-state index in [0.717, 1.165) is 12.8 Å². The SMILES string of the molecule is O=C1Nc2cc(F)c(Cl)cc2NC12CC2. The van der Waals surface area contributed by atoms with Crippen molar-refractivity contribution in [3.8, 4) is 0 Å². The van der Waals surface area contributed by atoms with Gasteiger partial charge in [-0.1, -0.05) is 11.6 Å². The first kappa shape index (κ1) is 8.97. The number of anilines is 2. The first-order valence-electron chi connectivity index (χ1n) is 4.69. The van der Waals surface area contributed by atoms with Crippen LogP contribution in [0.1, 0.15) is 12.8 Å². The molecule has 1 aromatic rings. The van der Waals surface area contributed by atoms with Gasteiger partial charge in [0.05, 0.1) is 16.4 Å². The van der Waals surface area contributed by atoms with E-state index in [2.05, 4.69) is 10.6 Å². The zero-order chi connectivity index (χ0) is 10.6. The molecule has 0 bridgehead atoms. The molecule has 5 heteroatoms. The molecule has 0 atom stereocenters. The van der Waals surface area contributed by atoms with Crippen LogP contribution in [0, 0.1) is 5.82 Å². The van der Waals surface area contributed by atoms with E-state index in [1.54, 1.807) is 0 Å². The quantitative estimate of drug-likeness (QED) is 0.713. The summed E-state index contributed by atoms with van der Waals surface area (Å²) in [6, 6.07) is 2.74. The van der Waals surface area contributed by atoms with Gasteiger partial charge in [0.15, 0.2) is 0 Å². The van der Waals surface area contributed by atoms with Gasteiger partial charge in [-0.25, -0.2) is 4.39 Å². The summed E-state index contributed by atoms with van der Waals surface area (Å²) in [5.41, 5.74) is 0.687. The average Bonchev–Trinajstić information content (AvgIpc) is 2.93. The van der Waals surface area contributed by atoms with Crippen LogP contribution in [0.2, 0.25) is 5.02 Å². The number of amides is 1. The molecule has 3 nitrogen and oxygen atoms in total. The monoisotopic (exact) mass is 226 g/mol. The van der Waals surface area contributed by atoms with Gasteiger partial charge in [-0.15, -0.1) is 0 Å². The Hall–Kier alpha value is -1.29. The molecule has 0 aromatic heterocycles. The van der Waals surface area contributed by atoms with Crippen LogP contribution < -0.4 is 10.6 Å². The number of fused-ring (bicyclic) bond motifs is 1. The molecule has 1 spiro atoms. The summed E-state index contributed by atoms with van der Waals surface area (Å²) >= 11 is 5.67. The van der Waals surface area contributed by atoms with Crippen LogP contribution >= 0.6 is 11.6 Å². The summed E-state index contributed by atoms with van der Waals surface area (Å²) in [6.07, 6.45) is 1.63. The van der Waals surface area contributed by atoms with Crippen molar-refractivity contribution in [2.45, 2.75) is 18.4 Å². The summed E-state index contributed by atoms with van der Waals surface area (Å²) in [5.74, 6) is -0.610. The number of carbonyl (C=O) groups excluding carboxylic acids is 1. The second-order valence-corrected chi connectivity index (χ2v) is 4.38. The standard InChI is InChI=1S/C10H8ClFN2O/c11-5-3-8-7(4-6(5)12)13-9(15)10(14-8)1-2-10/h3-4,14H,1-2H2,(H,13,15). The molecule has 0 saturated heterocycles. The molecule has 1 fully saturated rings. The van der Waals surface area contributed by atoms with E-state index in [-0.39, 0.29) is 10.9 Å². The highest BCUT2D eigenvalue weighted by molar-refractivity contribution is 6.31. The number of carbonyl (C=O) groups is 1. The third kappa shape index (κ3) is 1.21. The Labute approximate surface area is 90.6 Å². The fourth-order valence-corrected chi connectivity index (χ4v) is 1.95. The number of rotatable bonds is 0. The van der Waals surface area contributed by atoms with Crippen molar-refractivity contribution >= 4 is 28.9 Å². The first-order chi connectivity index (χ1) is 7.11. The lowest BCUT2D eigenvalue weighted by atomic mass is 10.1. The minimum absolute atomic E-state index is 0.0631. The van der Waals surface area contributed by atoms with Crippen molar-refractivity contribution in [1.82, 2.24) is 0 Å². The zero-order valence-corrected chi connectivity index (χ0v) is 8.49. The maximum Gasteiger partial charge on any atom is 0.250 e. The summed E-state index contributed by atoms with van der Waals surface area (Å²) in [4.78, 5) is 11.6. The Morgan fingerprint density at radius 1 is 1.33 bits per heavy atom. The van der Waals surface area contributed by atoms with Gasteiger partial charge < -0.3 is 10.6 Å². The van der Waals surface area contributed by atoms with E-state index in [1.165, 1.54) is 12.1 Å². The first-order valence-corrected chi connectivity index (χ1v) is 5.07. The van der Waals surface area contributed by atoms with E-state index in [0.29, 0.717) is 11.4 Å². The number of hydrogen-bond donors (Lipinski definition) is 2. The molecule has 0 radical (unpaired) electrons. The van der Waals surface area contributed by atoms with Gasteiger partial charge in [-0.3, -0.25) is 4.79 Å². The lowest BCUT2D eigenvalue weighted by Crippen LogP contribution is -2.40. The van der Waals surface area contributed by atoms with E-state index >= 15 is 0 Å². The van der Waals surface area contributed by atoms with Crippen molar-refractivity contribution < 1.29 is 9.18 Å². The van der Waals surface area contributed by atoms with Crippen molar-refractivity contribution in [3.63, 3.8) is 0 Å². The smallest absolute Gasteiger partial charge is 0.250 e. The van der Waals surface area contributed by atoms with E-state index < -0.39 is 11.4 Å². The fourth-order valence-electron chi connectivity index (χ4n) is 1.79. The van der Waals surface area contributed by atoms with Crippen LogP contribution in [0.4, 0.5) is 15.8 Å². The van der Waals surface area contributed by atoms with Gasteiger partial charge in [0, 0.05) is 6.07 Å². The average molecular weight is 227 g/mol. The highest BCUT2D eigenvalue weighted by Crippen LogP contribution is 2.45. The van der Waals surface area contributed by atoms with Crippen LogP contribution in [0.15, 0.2) is 12.1 Å². The predicted molar refractivity (Wildman–Crippen MR) is 55.6 cm³/mol. The summed E-state index contributed by atoms with van der Waals surface area (Å²) in [6.45, 7) is 0. The van der Waals surface area contributed by atoms with Crippen LogP contribution in [0.3, 0.4) is 0 Å². The number of benzene rings is 1. The maximum atomic E-state index is 13.1. The molecule has 2 N–H and O–H groups in total. The molecule has 1 heterocycles. The Morgan fingerprint density at radius 3 is 2.73 bits per heavy atom. The highest BCUT2D eigenvalue weighted by Gasteiger charge is 2.52. The minimum atomic E-state index is -0.524. The molecule has 1 aromatic carbocycles. The van der Waals surface area contributed by atoms with Gasteiger partial charge in [-0.2, -0.15) is 0 Å². The zero-order valence-electron chi connectivity index (χ0n) is 7.73. The van der Waals surface area contributed by atoms with Crippen LogP contribution in [-0.2, 0) is 4.79 Å². The third-order valence-electron chi connectivity index (χ3n) is 2.87. The van der Waals surface area contributed by atoms with Crippen LogP contribution in [0.5, 0.6) is 0 Å². The minimum Gasteiger partial charge on any atom is -0.369 e. The molecule has 1 amide bonds. The van der Waals surface area contributed by atoms with Gasteiger partial charge >= 0.3 is 0 Å². The molecule has 15 heavy (non-hydrogen) atoms. The predicted octanol–water partition coefficient (Wildman–Crippen LogP) is 2.38. The topological polar surface area (TPSA) is 41.1 Å². The van der Waals surface area contributed by atoms with Gasteiger partial charge in [0.2, 0.25) is 5.91 Å². The van der Waals surface area contributed by atoms with Crippen molar-refractivity contribution in [1.29, 1.82) is 0 Å². The van der Waals surface area contributed by atoms with Gasteiger partial charge in [0.25, 0.3) is 0 Å². The Morgan fingerprint density at radius 2 is 2.07 bits per heavy atom. The van der Waals surface area contributed by atoms with Crippen LogP contribution in [0.25, 0.3) is 0 Å². The second kappa shape index (κ2) is 2.64. The molecule has 1 saturated carbocycles. The highest BCUT2D eigenvalue weighted by atomic mass is 35.5. The molecule has 78 valence electrons. The number of halogens is 2. The van der Waals surface area contributed by atoms with E-state index in [4.69, 9.17) is 11.6 Å². The summed E-state index contributed by atoms with van der Waals surface area (Å²) in [7, 11) is 0. The van der Waals surface area contributed by atoms with Crippen molar-refractivity contribution in [2.24, 2.45) is 0 Å². The van der Waals surface area contributed by atoms with Gasteiger partial charge in [-0.05, 0) is 18.9 Å². The van der Waals surface area contributed by atoms with E-state index in [1.807, 2.05) is 0 Å². The maximum absolute atomic E-state index is 13.1. The van der Waals surface area contributed by atoms with E-state index in [9.17, 15) is 9.18 Å². The lowest BCUT2D eigenvalue weighted by molar-refractivity contribution is -0.117. The Bertz CT molecular complexity index is 471. The van der Waals surface area contributed by atoms with Gasteiger partial charge in [0.1, 0.15) is 11.4 Å². The normalized spacial score (nSPS) is 20.5. The summed E-state index contributed by atoms with van der Waals surface area (Å²) in [5, 5.41) is 5.85. The largest absolute Gasteiger partial charge is 0.369 e. The molecule has 1 aliphatic carbocycles. The summed E-state index contributed by atoms with van der Waals surface area (Å²) < 4.78 is 13.1. The molecule has 2 aliphatic rings. The molecular formula is C10H8ClFN2O. The molecule has 0 unspecified atom stereocenters. The number of hydrogen-bond acceptors (Lipinski definition) is 2. The Balaban J connectivity index is 2.09. The van der Waals surface area contributed by atoms with Crippen LogP contribution in [-0.4, -0.2) is 11.4 Å². The second-order valence-electron chi connectivity index (χ2n) is 3.97. The van der Waals surface area contributed by atoms with Crippen molar-refractivity contribution in [2.75, 3.05) is 10.6 Å². The third-order valence-corrected chi connectivity index (χ3v) is 3.16. The molecular weight excluding hydrogens is 219 g/mol. The molecule has 3 rings (SSSR count). The molecule has 1 aliphatic heterocycles. The van der Waals surface area contributed by atoms with Crippen molar-refractivity contribution in [3.05, 3.63) is 23.0 Å². The number of nitrogens with one attached hydrogen (secondary N) is 2. The Kier molecular flexibility index (Phi) is 1.58. The lowest BCUT2D eigenvalue weighted by Gasteiger charge is -2.26.